The molecule has 1 fully saturated rings. The number of aromatic nitrogens is 5. The summed E-state index contributed by atoms with van der Waals surface area (Å²) in [4.78, 5) is 46.3. The van der Waals surface area contributed by atoms with E-state index in [1.807, 2.05) is 50.0 Å². The Morgan fingerprint density at radius 2 is 1.77 bits per heavy atom. The van der Waals surface area contributed by atoms with Crippen LogP contribution in [0.15, 0.2) is 41.5 Å². The molecule has 1 atom stereocenters. The van der Waals surface area contributed by atoms with E-state index in [0.717, 1.165) is 41.6 Å². The summed E-state index contributed by atoms with van der Waals surface area (Å²) in [6.45, 7) is 7.07. The average Bonchev–Trinajstić information content (AvgIpc) is 2.95. The molecule has 14 heteroatoms. The molecular formula is C29H33ClN8O4S. The van der Waals surface area contributed by atoms with E-state index in [-0.39, 0.29) is 22.1 Å². The van der Waals surface area contributed by atoms with Crippen LogP contribution in [0.3, 0.4) is 0 Å². The molecule has 2 N–H and O–H groups in total. The lowest BCUT2D eigenvalue weighted by Gasteiger charge is -2.33. The van der Waals surface area contributed by atoms with Gasteiger partial charge >= 0.3 is 0 Å². The summed E-state index contributed by atoms with van der Waals surface area (Å²) in [6, 6.07) is 6.38. The van der Waals surface area contributed by atoms with Gasteiger partial charge in [0.2, 0.25) is 16.0 Å². The van der Waals surface area contributed by atoms with Gasteiger partial charge in [-0.2, -0.15) is 0 Å². The lowest BCUT2D eigenvalue weighted by atomic mass is 9.91. The van der Waals surface area contributed by atoms with Crippen LogP contribution in [0.5, 0.6) is 0 Å². The van der Waals surface area contributed by atoms with E-state index in [9.17, 15) is 18.0 Å². The third-order valence-corrected chi connectivity index (χ3v) is 8.34. The van der Waals surface area contributed by atoms with Gasteiger partial charge < -0.3 is 10.2 Å². The van der Waals surface area contributed by atoms with Crippen molar-refractivity contribution in [3.8, 4) is 0 Å². The van der Waals surface area contributed by atoms with E-state index in [0.29, 0.717) is 35.9 Å². The van der Waals surface area contributed by atoms with Crippen LogP contribution >= 0.6 is 11.6 Å². The molecule has 43 heavy (non-hydrogen) atoms. The lowest BCUT2D eigenvalue weighted by molar-refractivity contribution is 0.0977. The van der Waals surface area contributed by atoms with Gasteiger partial charge in [-0.3, -0.25) is 14.2 Å². The molecule has 226 valence electrons. The number of carbonyl (C=O) groups excluding carboxylic acids is 1. The Kier molecular flexibility index (Phi) is 8.39. The SMILES string of the molecule is Cc1cc([C@@H](C)Nc2ccc(Cl)nc2C(=O)NS(C)(=O)=O)c2nc(N3CCC(c4cnc(C)nc4)CC3)n(C)c(=O)c2c1. The van der Waals surface area contributed by atoms with E-state index in [2.05, 4.69) is 25.2 Å². The number of hydrogen-bond acceptors (Lipinski definition) is 10. The number of hydrogen-bond donors (Lipinski definition) is 2. The van der Waals surface area contributed by atoms with Crippen molar-refractivity contribution in [1.29, 1.82) is 0 Å². The zero-order valence-electron chi connectivity index (χ0n) is 24.5. The minimum Gasteiger partial charge on any atom is -0.377 e. The van der Waals surface area contributed by atoms with Crippen LogP contribution in [-0.4, -0.2) is 58.2 Å². The summed E-state index contributed by atoms with van der Waals surface area (Å²) in [5.74, 6) is 0.740. The first-order chi connectivity index (χ1) is 20.3. The molecule has 0 bridgehead atoms. The number of benzene rings is 1. The van der Waals surface area contributed by atoms with Gasteiger partial charge in [0.15, 0.2) is 5.69 Å². The van der Waals surface area contributed by atoms with Crippen molar-refractivity contribution in [2.75, 3.05) is 29.6 Å². The molecule has 5 rings (SSSR count). The molecule has 1 amide bonds. The van der Waals surface area contributed by atoms with Gasteiger partial charge in [-0.05, 0) is 68.9 Å². The van der Waals surface area contributed by atoms with Gasteiger partial charge in [-0.1, -0.05) is 17.7 Å². The quantitative estimate of drug-likeness (QED) is 0.292. The second kappa shape index (κ2) is 11.9. The normalized spacial score (nSPS) is 15.0. The zero-order valence-corrected chi connectivity index (χ0v) is 26.1. The smallest absolute Gasteiger partial charge is 0.285 e. The van der Waals surface area contributed by atoms with Crippen LogP contribution in [0.1, 0.15) is 64.7 Å². The predicted octanol–water partition coefficient (Wildman–Crippen LogP) is 3.64. The van der Waals surface area contributed by atoms with Gasteiger partial charge in [0.1, 0.15) is 11.0 Å². The fraction of sp³-hybridized carbons (Fsp3) is 0.379. The summed E-state index contributed by atoms with van der Waals surface area (Å²) in [5, 5.41) is 3.76. The fourth-order valence-electron chi connectivity index (χ4n) is 5.43. The van der Waals surface area contributed by atoms with E-state index in [1.54, 1.807) is 17.7 Å². The summed E-state index contributed by atoms with van der Waals surface area (Å²) in [6.07, 6.45) is 6.42. The van der Waals surface area contributed by atoms with Crippen molar-refractivity contribution in [1.82, 2.24) is 29.2 Å². The number of anilines is 2. The maximum Gasteiger partial charge on any atom is 0.285 e. The molecule has 0 radical (unpaired) electrons. The average molecular weight is 625 g/mol. The number of rotatable bonds is 7. The number of piperidine rings is 1. The first-order valence-electron chi connectivity index (χ1n) is 13.8. The van der Waals surface area contributed by atoms with E-state index in [4.69, 9.17) is 16.6 Å². The van der Waals surface area contributed by atoms with Crippen LogP contribution in [0.25, 0.3) is 10.9 Å². The second-order valence-corrected chi connectivity index (χ2v) is 13.1. The summed E-state index contributed by atoms with van der Waals surface area (Å²) < 4.78 is 26.9. The highest BCUT2D eigenvalue weighted by atomic mass is 35.5. The maximum atomic E-state index is 13.6. The van der Waals surface area contributed by atoms with Gasteiger partial charge in [0.05, 0.1) is 28.9 Å². The first-order valence-corrected chi connectivity index (χ1v) is 16.1. The lowest BCUT2D eigenvalue weighted by Crippen LogP contribution is -2.37. The highest BCUT2D eigenvalue weighted by Crippen LogP contribution is 2.32. The van der Waals surface area contributed by atoms with Crippen molar-refractivity contribution >= 4 is 50.1 Å². The molecule has 1 saturated heterocycles. The molecule has 1 aromatic carbocycles. The highest BCUT2D eigenvalue weighted by Gasteiger charge is 2.26. The van der Waals surface area contributed by atoms with Crippen LogP contribution in [0.4, 0.5) is 11.6 Å². The summed E-state index contributed by atoms with van der Waals surface area (Å²) >= 11 is 6.03. The Hall–Kier alpha value is -4.10. The zero-order chi connectivity index (χ0) is 31.1. The van der Waals surface area contributed by atoms with Gasteiger partial charge in [-0.15, -0.1) is 0 Å². The van der Waals surface area contributed by atoms with Gasteiger partial charge in [0, 0.05) is 38.1 Å². The number of amides is 1. The molecule has 0 saturated carbocycles. The molecule has 4 heterocycles. The number of aryl methyl sites for hydroxylation is 2. The predicted molar refractivity (Wildman–Crippen MR) is 166 cm³/mol. The third-order valence-electron chi connectivity index (χ3n) is 7.57. The number of pyridine rings is 1. The van der Waals surface area contributed by atoms with Crippen LogP contribution in [0.2, 0.25) is 5.15 Å². The van der Waals surface area contributed by atoms with Crippen molar-refractivity contribution in [2.24, 2.45) is 7.05 Å². The molecular weight excluding hydrogens is 592 g/mol. The fourth-order valence-corrected chi connectivity index (χ4v) is 6.01. The van der Waals surface area contributed by atoms with Crippen LogP contribution in [-0.2, 0) is 17.1 Å². The Morgan fingerprint density at radius 1 is 1.09 bits per heavy atom. The number of nitrogens with zero attached hydrogens (tertiary/aromatic N) is 6. The topological polar surface area (TPSA) is 152 Å². The highest BCUT2D eigenvalue weighted by molar-refractivity contribution is 7.89. The standard InChI is InChI=1S/C29H33ClN8O4S/c1-16-12-21(17(2)33-23-6-7-24(30)34-26(23)27(39)36-43(5,41)42)25-22(13-16)28(40)37(4)29(35-25)38-10-8-19(9-11-38)20-14-31-18(3)32-15-20/h6-7,12-15,17,19,33H,8-11H2,1-5H3,(H,36,39)/t17-/m1/s1. The van der Waals surface area contributed by atoms with Gasteiger partial charge in [0.25, 0.3) is 11.5 Å². The Bertz CT molecular complexity index is 1870. The van der Waals surface area contributed by atoms with E-state index < -0.39 is 22.0 Å². The monoisotopic (exact) mass is 624 g/mol. The molecule has 3 aromatic heterocycles. The van der Waals surface area contributed by atoms with Crippen LogP contribution < -0.4 is 20.5 Å². The molecule has 12 nitrogen and oxygen atoms in total. The van der Waals surface area contributed by atoms with Crippen molar-refractivity contribution in [3.05, 3.63) is 80.4 Å². The van der Waals surface area contributed by atoms with Crippen molar-refractivity contribution in [3.63, 3.8) is 0 Å². The van der Waals surface area contributed by atoms with Crippen LogP contribution in [0, 0.1) is 13.8 Å². The summed E-state index contributed by atoms with van der Waals surface area (Å²) in [7, 11) is -2.09. The van der Waals surface area contributed by atoms with Crippen molar-refractivity contribution in [2.45, 2.75) is 45.6 Å². The number of nitrogens with one attached hydrogen (secondary N) is 2. The third kappa shape index (κ3) is 6.62. The number of fused-ring (bicyclic) bond motifs is 1. The summed E-state index contributed by atoms with van der Waals surface area (Å²) in [5.41, 5.74) is 3.21. The molecule has 1 aliphatic heterocycles. The molecule has 0 aliphatic carbocycles. The largest absolute Gasteiger partial charge is 0.377 e. The minimum atomic E-state index is -3.83. The number of sulfonamides is 1. The Balaban J connectivity index is 1.48. The maximum absolute atomic E-state index is 13.6. The molecule has 0 unspecified atom stereocenters. The minimum absolute atomic E-state index is 0.0336. The molecule has 0 spiro atoms. The Labute approximate surface area is 254 Å². The molecule has 1 aliphatic rings. The molecule has 4 aromatic rings. The second-order valence-electron chi connectivity index (χ2n) is 11.0. The van der Waals surface area contributed by atoms with Gasteiger partial charge in [-0.25, -0.2) is 33.1 Å². The van der Waals surface area contributed by atoms with E-state index in [1.165, 1.54) is 6.07 Å². The number of halogens is 1. The first kappa shape index (κ1) is 30.4. The Morgan fingerprint density at radius 3 is 2.42 bits per heavy atom. The number of carbonyl (C=O) groups is 1. The van der Waals surface area contributed by atoms with Crippen molar-refractivity contribution < 1.29 is 13.2 Å². The van der Waals surface area contributed by atoms with E-state index >= 15 is 0 Å².